The Balaban J connectivity index is 1.85. The van der Waals surface area contributed by atoms with Gasteiger partial charge in [-0.15, -0.1) is 11.3 Å². The number of nitrogens with zero attached hydrogens (tertiary/aromatic N) is 2. The van der Waals surface area contributed by atoms with E-state index in [-0.39, 0.29) is 17.6 Å². The van der Waals surface area contributed by atoms with E-state index in [1.165, 1.54) is 23.1 Å². The number of amides is 2. The summed E-state index contributed by atoms with van der Waals surface area (Å²) in [6, 6.07) is 3.50. The van der Waals surface area contributed by atoms with Crippen LogP contribution in [0.3, 0.4) is 0 Å². The predicted octanol–water partition coefficient (Wildman–Crippen LogP) is 2.91. The van der Waals surface area contributed by atoms with Crippen LogP contribution in [0.15, 0.2) is 22.7 Å². The Hall–Kier alpha value is -1.80. The van der Waals surface area contributed by atoms with E-state index in [0.29, 0.717) is 4.88 Å². The van der Waals surface area contributed by atoms with Crippen molar-refractivity contribution in [2.24, 2.45) is 0 Å². The Bertz CT molecular complexity index is 695. The predicted molar refractivity (Wildman–Crippen MR) is 97.3 cm³/mol. The summed E-state index contributed by atoms with van der Waals surface area (Å²) in [5, 5.41) is 2.66. The third-order valence-corrected chi connectivity index (χ3v) is 5.40. The van der Waals surface area contributed by atoms with Gasteiger partial charge >= 0.3 is 0 Å². The number of thiophene rings is 1. The summed E-state index contributed by atoms with van der Waals surface area (Å²) in [4.78, 5) is 28.8. The lowest BCUT2D eigenvalue weighted by molar-refractivity contribution is -0.119. The van der Waals surface area contributed by atoms with Crippen LogP contribution in [-0.2, 0) is 11.3 Å². The van der Waals surface area contributed by atoms with Crippen molar-refractivity contribution in [1.82, 2.24) is 20.4 Å². The third-order valence-electron chi connectivity index (χ3n) is 3.55. The summed E-state index contributed by atoms with van der Waals surface area (Å²) in [5.41, 5.74) is 6.98. The molecule has 0 aliphatic carbocycles. The number of thioether (sulfide) groups is 1. The molecular weight excluding hydrogens is 344 g/mol. The fourth-order valence-electron chi connectivity index (χ4n) is 2.08. The maximum absolute atomic E-state index is 11.9. The van der Waals surface area contributed by atoms with Crippen molar-refractivity contribution in [3.63, 3.8) is 0 Å². The molecule has 2 rings (SSSR count). The van der Waals surface area contributed by atoms with Gasteiger partial charge in [-0.2, -0.15) is 0 Å². The highest BCUT2D eigenvalue weighted by molar-refractivity contribution is 7.99. The van der Waals surface area contributed by atoms with Crippen LogP contribution in [0, 0.1) is 13.8 Å². The third kappa shape index (κ3) is 4.85. The zero-order valence-electron chi connectivity index (χ0n) is 14.1. The van der Waals surface area contributed by atoms with Gasteiger partial charge in [0.15, 0.2) is 5.16 Å². The Morgan fingerprint density at radius 2 is 2.12 bits per heavy atom. The summed E-state index contributed by atoms with van der Waals surface area (Å²) in [6.45, 7) is 7.07. The molecule has 0 fully saturated rings. The highest BCUT2D eigenvalue weighted by atomic mass is 32.2. The topological polar surface area (TPSA) is 76.0 Å². The molecule has 130 valence electrons. The lowest BCUT2D eigenvalue weighted by Gasteiger charge is -2.09. The molecule has 24 heavy (non-hydrogen) atoms. The molecule has 6 nitrogen and oxygen atoms in total. The number of nitrogens with one attached hydrogen (secondary N) is 2. The van der Waals surface area contributed by atoms with Crippen molar-refractivity contribution in [1.29, 1.82) is 0 Å². The lowest BCUT2D eigenvalue weighted by Crippen LogP contribution is -2.42. The monoisotopic (exact) mass is 366 g/mol. The van der Waals surface area contributed by atoms with Crippen molar-refractivity contribution in [3.8, 4) is 0 Å². The van der Waals surface area contributed by atoms with Crippen molar-refractivity contribution in [3.05, 3.63) is 33.8 Å². The molecule has 0 saturated carbocycles. The number of hydrogen-bond donors (Lipinski definition) is 2. The number of hydrogen-bond acceptors (Lipinski definition) is 5. The Labute approximate surface area is 150 Å². The average Bonchev–Trinajstić information content (AvgIpc) is 3.19. The summed E-state index contributed by atoms with van der Waals surface area (Å²) in [7, 11) is 0. The number of carbonyl (C=O) groups is 2. The number of rotatable bonds is 7. The molecule has 0 aromatic carbocycles. The van der Waals surface area contributed by atoms with Crippen LogP contribution in [0.25, 0.3) is 0 Å². The molecule has 0 atom stereocenters. The van der Waals surface area contributed by atoms with Crippen LogP contribution in [0.5, 0.6) is 0 Å². The van der Waals surface area contributed by atoms with E-state index in [9.17, 15) is 9.59 Å². The number of aryl methyl sites for hydroxylation is 1. The standard InChI is InChI=1S/C16H22N4O2S2/c1-4-5-8-20-12(3)11(2)17-16(20)24-10-14(21)18-19-15(22)13-7-6-9-23-13/h6-7,9H,4-5,8,10H2,1-3H3,(H,18,21)(H,19,22). The van der Waals surface area contributed by atoms with E-state index in [0.717, 1.165) is 35.9 Å². The van der Waals surface area contributed by atoms with Crippen molar-refractivity contribution < 1.29 is 9.59 Å². The van der Waals surface area contributed by atoms with E-state index in [1.54, 1.807) is 12.1 Å². The fourth-order valence-corrected chi connectivity index (χ4v) is 3.61. The van der Waals surface area contributed by atoms with Crippen LogP contribution in [0.4, 0.5) is 0 Å². The summed E-state index contributed by atoms with van der Waals surface area (Å²) in [5.74, 6) is -0.364. The first-order valence-corrected chi connectivity index (χ1v) is 9.68. The molecule has 2 N–H and O–H groups in total. The molecule has 0 bridgehead atoms. The lowest BCUT2D eigenvalue weighted by atomic mass is 10.3. The van der Waals surface area contributed by atoms with Gasteiger partial charge in [-0.1, -0.05) is 31.2 Å². The molecule has 0 aliphatic heterocycles. The molecule has 0 unspecified atom stereocenters. The van der Waals surface area contributed by atoms with Crippen LogP contribution in [0.1, 0.15) is 40.8 Å². The van der Waals surface area contributed by atoms with Gasteiger partial charge in [0.1, 0.15) is 0 Å². The highest BCUT2D eigenvalue weighted by Gasteiger charge is 2.14. The van der Waals surface area contributed by atoms with Gasteiger partial charge in [0.05, 0.1) is 16.3 Å². The van der Waals surface area contributed by atoms with E-state index in [2.05, 4.69) is 27.3 Å². The number of imidazole rings is 1. The first-order chi connectivity index (χ1) is 11.5. The minimum atomic E-state index is -0.306. The van der Waals surface area contributed by atoms with E-state index < -0.39 is 0 Å². The van der Waals surface area contributed by atoms with Crippen LogP contribution >= 0.6 is 23.1 Å². The van der Waals surface area contributed by atoms with Gasteiger partial charge < -0.3 is 4.57 Å². The van der Waals surface area contributed by atoms with Gasteiger partial charge in [-0.3, -0.25) is 20.4 Å². The summed E-state index contributed by atoms with van der Waals surface area (Å²) in [6.07, 6.45) is 2.18. The number of carbonyl (C=O) groups excluding carboxylic acids is 2. The Morgan fingerprint density at radius 3 is 2.79 bits per heavy atom. The SMILES string of the molecule is CCCCn1c(SCC(=O)NNC(=O)c2cccs2)nc(C)c1C. The number of hydrazine groups is 1. The van der Waals surface area contributed by atoms with Gasteiger partial charge in [0, 0.05) is 12.2 Å². The first-order valence-electron chi connectivity index (χ1n) is 7.82. The molecule has 0 saturated heterocycles. The van der Waals surface area contributed by atoms with Gasteiger partial charge in [0.25, 0.3) is 5.91 Å². The second-order valence-corrected chi connectivity index (χ2v) is 7.23. The molecule has 0 radical (unpaired) electrons. The molecule has 0 spiro atoms. The summed E-state index contributed by atoms with van der Waals surface area (Å²) < 4.78 is 2.15. The zero-order valence-corrected chi connectivity index (χ0v) is 15.7. The number of aromatic nitrogens is 2. The van der Waals surface area contributed by atoms with E-state index in [4.69, 9.17) is 0 Å². The molecule has 0 aliphatic rings. The second kappa shape index (κ2) is 8.89. The minimum Gasteiger partial charge on any atom is -0.323 e. The average molecular weight is 367 g/mol. The maximum atomic E-state index is 11.9. The minimum absolute atomic E-state index is 0.201. The van der Waals surface area contributed by atoms with Crippen molar-refractivity contribution >= 4 is 34.9 Å². The highest BCUT2D eigenvalue weighted by Crippen LogP contribution is 2.21. The van der Waals surface area contributed by atoms with Crippen molar-refractivity contribution in [2.75, 3.05) is 5.75 Å². The van der Waals surface area contributed by atoms with Crippen LogP contribution in [-0.4, -0.2) is 27.1 Å². The van der Waals surface area contributed by atoms with Gasteiger partial charge in [0.2, 0.25) is 5.91 Å². The number of unbranched alkanes of at least 4 members (excludes halogenated alkanes) is 1. The van der Waals surface area contributed by atoms with E-state index in [1.807, 2.05) is 19.2 Å². The van der Waals surface area contributed by atoms with Gasteiger partial charge in [-0.25, -0.2) is 4.98 Å². The maximum Gasteiger partial charge on any atom is 0.279 e. The molecule has 2 heterocycles. The van der Waals surface area contributed by atoms with Gasteiger partial charge in [-0.05, 0) is 31.7 Å². The van der Waals surface area contributed by atoms with Crippen LogP contribution in [0.2, 0.25) is 0 Å². The molecular formula is C16H22N4O2S2. The Morgan fingerprint density at radius 1 is 1.33 bits per heavy atom. The Kier molecular flexibility index (Phi) is 6.86. The largest absolute Gasteiger partial charge is 0.323 e. The van der Waals surface area contributed by atoms with Crippen molar-refractivity contribution in [2.45, 2.75) is 45.3 Å². The molecule has 2 aromatic heterocycles. The zero-order chi connectivity index (χ0) is 17.5. The summed E-state index contributed by atoms with van der Waals surface area (Å²) >= 11 is 2.71. The molecule has 8 heteroatoms. The van der Waals surface area contributed by atoms with Crippen LogP contribution < -0.4 is 10.9 Å². The first kappa shape index (κ1) is 18.5. The van der Waals surface area contributed by atoms with E-state index >= 15 is 0 Å². The smallest absolute Gasteiger partial charge is 0.279 e. The fraction of sp³-hybridized carbons (Fsp3) is 0.438. The second-order valence-electron chi connectivity index (χ2n) is 5.34. The molecule has 2 aromatic rings. The normalized spacial score (nSPS) is 10.6. The quantitative estimate of drug-likeness (QED) is 0.583. The molecule has 2 amide bonds.